The summed E-state index contributed by atoms with van der Waals surface area (Å²) in [5, 5.41) is 11.3. The number of nitrogens with one attached hydrogen (secondary N) is 2. The third-order valence-electron chi connectivity index (χ3n) is 1.28. The lowest BCUT2D eigenvalue weighted by molar-refractivity contribution is 0.241. The Balaban J connectivity index is 3.68. The zero-order valence-electron chi connectivity index (χ0n) is 8.54. The van der Waals surface area contributed by atoms with Gasteiger partial charge in [-0.15, -0.1) is 0 Å². The van der Waals surface area contributed by atoms with Crippen LogP contribution >= 0.6 is 0 Å². The fraction of sp³-hybridized carbons (Fsp3) is 0.750. The van der Waals surface area contributed by atoms with Gasteiger partial charge in [0.05, 0.1) is 0 Å². The van der Waals surface area contributed by atoms with E-state index in [9.17, 15) is 9.59 Å². The Morgan fingerprint density at radius 1 is 0.929 bits per heavy atom. The van der Waals surface area contributed by atoms with Crippen molar-refractivity contribution in [3.8, 4) is 0 Å². The summed E-state index contributed by atoms with van der Waals surface area (Å²) >= 11 is 0. The molecule has 0 bridgehead atoms. The van der Waals surface area contributed by atoms with Crippen molar-refractivity contribution in [2.75, 3.05) is 13.1 Å². The zero-order valence-corrected chi connectivity index (χ0v) is 8.54. The van der Waals surface area contributed by atoms with Crippen LogP contribution in [0.3, 0.4) is 0 Å². The van der Waals surface area contributed by atoms with Crippen LogP contribution in [0.4, 0.5) is 9.59 Å². The number of hydrogen-bond donors (Lipinski definition) is 2. The first-order valence-electron chi connectivity index (χ1n) is 4.68. The molecule has 0 aliphatic rings. The predicted molar refractivity (Wildman–Crippen MR) is 52.2 cm³/mol. The monoisotopic (exact) mass is 200 g/mol. The quantitative estimate of drug-likeness (QED) is 0.677. The van der Waals surface area contributed by atoms with Gasteiger partial charge in [0, 0.05) is 13.1 Å². The third kappa shape index (κ3) is 7.20. The predicted octanol–water partition coefficient (Wildman–Crippen LogP) is 1.68. The van der Waals surface area contributed by atoms with Crippen LogP contribution in [0.25, 0.3) is 0 Å². The van der Waals surface area contributed by atoms with Crippen molar-refractivity contribution in [3.63, 3.8) is 0 Å². The molecule has 0 aliphatic heterocycles. The van der Waals surface area contributed by atoms with E-state index in [1.807, 2.05) is 13.8 Å². The summed E-state index contributed by atoms with van der Waals surface area (Å²) < 4.78 is 0. The Kier molecular flexibility index (Phi) is 7.30. The van der Waals surface area contributed by atoms with Crippen LogP contribution in [0.2, 0.25) is 0 Å². The molecule has 0 aromatic heterocycles. The average Bonchev–Trinajstić information content (AvgIpc) is 2.20. The van der Waals surface area contributed by atoms with Gasteiger partial charge in [-0.3, -0.25) is 0 Å². The molecule has 14 heavy (non-hydrogen) atoms. The molecule has 0 atom stereocenters. The molecule has 0 rings (SSSR count). The third-order valence-corrected chi connectivity index (χ3v) is 1.28. The van der Waals surface area contributed by atoms with E-state index in [1.54, 1.807) is 0 Å². The molecule has 6 heteroatoms. The Labute approximate surface area is 83.2 Å². The van der Waals surface area contributed by atoms with Crippen molar-refractivity contribution < 1.29 is 9.59 Å². The van der Waals surface area contributed by atoms with Gasteiger partial charge < -0.3 is 10.6 Å². The van der Waals surface area contributed by atoms with E-state index in [4.69, 9.17) is 0 Å². The molecule has 2 N–H and O–H groups in total. The van der Waals surface area contributed by atoms with Crippen molar-refractivity contribution in [1.29, 1.82) is 0 Å². The standard InChI is InChI=1S/C8H16N4O2/c1-3-5-9-7(13)11-12-8(14)10-6-4-2/h3-6H2,1-2H3,(H,9,13)(H,10,14). The first kappa shape index (κ1) is 12.5. The molecule has 4 amide bonds. The second kappa shape index (κ2) is 8.15. The number of hydrogen-bond acceptors (Lipinski definition) is 2. The molecule has 0 heterocycles. The van der Waals surface area contributed by atoms with Gasteiger partial charge in [-0.05, 0) is 12.8 Å². The van der Waals surface area contributed by atoms with E-state index >= 15 is 0 Å². The van der Waals surface area contributed by atoms with Gasteiger partial charge in [0.2, 0.25) is 0 Å². The van der Waals surface area contributed by atoms with E-state index in [0.717, 1.165) is 12.8 Å². The second-order valence-corrected chi connectivity index (χ2v) is 2.66. The summed E-state index contributed by atoms with van der Waals surface area (Å²) in [6.07, 6.45) is 1.65. The van der Waals surface area contributed by atoms with Gasteiger partial charge in [-0.25, -0.2) is 9.59 Å². The minimum atomic E-state index is -0.585. The Bertz CT molecular complexity index is 193. The molecule has 0 saturated carbocycles. The highest BCUT2D eigenvalue weighted by molar-refractivity contribution is 5.79. The Morgan fingerprint density at radius 3 is 1.57 bits per heavy atom. The van der Waals surface area contributed by atoms with Crippen molar-refractivity contribution in [1.82, 2.24) is 10.6 Å². The van der Waals surface area contributed by atoms with Crippen LogP contribution < -0.4 is 10.6 Å². The summed E-state index contributed by atoms with van der Waals surface area (Å²) in [7, 11) is 0. The van der Waals surface area contributed by atoms with Crippen molar-refractivity contribution in [3.05, 3.63) is 0 Å². The van der Waals surface area contributed by atoms with Crippen molar-refractivity contribution in [2.24, 2.45) is 10.2 Å². The number of rotatable bonds is 4. The molecule has 0 spiro atoms. The largest absolute Gasteiger partial charge is 0.359 e. The maximum Gasteiger partial charge on any atom is 0.359 e. The highest BCUT2D eigenvalue weighted by Gasteiger charge is 1.98. The number of azo groups is 1. The number of nitrogens with zero attached hydrogens (tertiary/aromatic N) is 2. The maximum absolute atomic E-state index is 10.8. The lowest BCUT2D eigenvalue weighted by Crippen LogP contribution is -2.22. The fourth-order valence-corrected chi connectivity index (χ4v) is 0.625. The molecule has 0 aromatic rings. The number of carbonyl (C=O) groups excluding carboxylic acids is 2. The smallest absolute Gasteiger partial charge is 0.335 e. The summed E-state index contributed by atoms with van der Waals surface area (Å²) in [6, 6.07) is -1.17. The molecule has 0 aromatic carbocycles. The zero-order chi connectivity index (χ0) is 10.8. The van der Waals surface area contributed by atoms with E-state index in [1.165, 1.54) is 0 Å². The van der Waals surface area contributed by atoms with Crippen LogP contribution in [-0.4, -0.2) is 25.2 Å². The maximum atomic E-state index is 10.8. The van der Waals surface area contributed by atoms with E-state index in [2.05, 4.69) is 20.9 Å². The van der Waals surface area contributed by atoms with Crippen LogP contribution in [-0.2, 0) is 0 Å². The van der Waals surface area contributed by atoms with Gasteiger partial charge in [0.25, 0.3) is 0 Å². The van der Waals surface area contributed by atoms with Gasteiger partial charge in [-0.1, -0.05) is 24.1 Å². The van der Waals surface area contributed by atoms with Crippen molar-refractivity contribution in [2.45, 2.75) is 26.7 Å². The summed E-state index contributed by atoms with van der Waals surface area (Å²) in [4.78, 5) is 21.7. The molecular weight excluding hydrogens is 184 g/mol. The van der Waals surface area contributed by atoms with Gasteiger partial charge in [0.15, 0.2) is 0 Å². The lowest BCUT2D eigenvalue weighted by Gasteiger charge is -1.97. The first-order chi connectivity index (χ1) is 6.70. The number of urea groups is 2. The number of carbonyl (C=O) groups is 2. The topological polar surface area (TPSA) is 82.9 Å². The summed E-state index contributed by atoms with van der Waals surface area (Å²) in [5.41, 5.74) is 0. The molecule has 80 valence electrons. The molecule has 0 radical (unpaired) electrons. The minimum Gasteiger partial charge on any atom is -0.335 e. The van der Waals surface area contributed by atoms with Gasteiger partial charge in [0.1, 0.15) is 0 Å². The van der Waals surface area contributed by atoms with E-state index in [-0.39, 0.29) is 0 Å². The van der Waals surface area contributed by atoms with E-state index in [0.29, 0.717) is 13.1 Å². The molecule has 0 saturated heterocycles. The second-order valence-electron chi connectivity index (χ2n) is 2.66. The van der Waals surface area contributed by atoms with Crippen LogP contribution in [0, 0.1) is 0 Å². The highest BCUT2D eigenvalue weighted by Crippen LogP contribution is 1.82. The molecule has 0 unspecified atom stereocenters. The van der Waals surface area contributed by atoms with Crippen molar-refractivity contribution >= 4 is 12.1 Å². The molecule has 0 fully saturated rings. The van der Waals surface area contributed by atoms with E-state index < -0.39 is 12.1 Å². The molecule has 0 aliphatic carbocycles. The Hall–Kier alpha value is -1.46. The van der Waals surface area contributed by atoms with Crippen LogP contribution in [0.15, 0.2) is 10.2 Å². The molecule has 6 nitrogen and oxygen atoms in total. The molecular formula is C8H16N4O2. The minimum absolute atomic E-state index is 0.536. The average molecular weight is 200 g/mol. The summed E-state index contributed by atoms with van der Waals surface area (Å²) in [6.45, 7) is 4.92. The normalized spacial score (nSPS) is 10.1. The van der Waals surface area contributed by atoms with Gasteiger partial charge >= 0.3 is 12.1 Å². The fourth-order valence-electron chi connectivity index (χ4n) is 0.625. The summed E-state index contributed by atoms with van der Waals surface area (Å²) in [5.74, 6) is 0. The Morgan fingerprint density at radius 2 is 1.29 bits per heavy atom. The van der Waals surface area contributed by atoms with Crippen LogP contribution in [0.1, 0.15) is 26.7 Å². The number of amides is 4. The lowest BCUT2D eigenvalue weighted by atomic mass is 10.5. The first-order valence-corrected chi connectivity index (χ1v) is 4.68. The SMILES string of the molecule is CCCNC(=O)N=NC(=O)NCCC. The van der Waals surface area contributed by atoms with Crippen LogP contribution in [0.5, 0.6) is 0 Å². The highest BCUT2D eigenvalue weighted by atomic mass is 16.2. The van der Waals surface area contributed by atoms with Gasteiger partial charge in [-0.2, -0.15) is 0 Å².